The number of halogens is 1. The van der Waals surface area contributed by atoms with Crippen molar-refractivity contribution < 1.29 is 0 Å². The van der Waals surface area contributed by atoms with Gasteiger partial charge in [-0.2, -0.15) is 0 Å². The highest BCUT2D eigenvalue weighted by Crippen LogP contribution is 2.27. The maximum atomic E-state index is 4.86. The van der Waals surface area contributed by atoms with Gasteiger partial charge in [-0.1, -0.05) is 13.8 Å². The fourth-order valence-corrected chi connectivity index (χ4v) is 3.09. The lowest BCUT2D eigenvalue weighted by Crippen LogP contribution is -2.41. The largest absolute Gasteiger partial charge is 0.357 e. The zero-order chi connectivity index (χ0) is 15.1. The first-order valence-corrected chi connectivity index (χ1v) is 8.95. The number of nitrogens with one attached hydrogen (secondary N) is 2. The Labute approximate surface area is 153 Å². The quantitative estimate of drug-likeness (QED) is 0.359. The summed E-state index contributed by atoms with van der Waals surface area (Å²) in [6.45, 7) is 12.3. The fraction of sp³-hybridized carbons (Fsp3) is 0.941. The molecular formula is C17H35IN4. The molecule has 1 saturated carbocycles. The van der Waals surface area contributed by atoms with Crippen molar-refractivity contribution in [2.45, 2.75) is 58.9 Å². The van der Waals surface area contributed by atoms with E-state index >= 15 is 0 Å². The Morgan fingerprint density at radius 2 is 1.86 bits per heavy atom. The first-order chi connectivity index (χ1) is 10.2. The monoisotopic (exact) mass is 422 g/mol. The molecule has 0 aromatic rings. The molecular weight excluding hydrogens is 387 g/mol. The van der Waals surface area contributed by atoms with E-state index in [4.69, 9.17) is 4.99 Å². The Morgan fingerprint density at radius 3 is 2.41 bits per heavy atom. The van der Waals surface area contributed by atoms with Crippen LogP contribution in [0.15, 0.2) is 4.99 Å². The first kappa shape index (κ1) is 20.0. The van der Waals surface area contributed by atoms with Gasteiger partial charge in [0, 0.05) is 19.1 Å². The number of nitrogens with zero attached hydrogens (tertiary/aromatic N) is 2. The maximum absolute atomic E-state index is 4.86. The molecule has 1 aliphatic carbocycles. The molecule has 130 valence electrons. The van der Waals surface area contributed by atoms with Crippen LogP contribution in [0.5, 0.6) is 0 Å². The summed E-state index contributed by atoms with van der Waals surface area (Å²) in [5, 5.41) is 6.89. The van der Waals surface area contributed by atoms with E-state index in [1.54, 1.807) is 0 Å². The van der Waals surface area contributed by atoms with E-state index in [0.29, 0.717) is 6.04 Å². The van der Waals surface area contributed by atoms with Gasteiger partial charge < -0.3 is 10.6 Å². The van der Waals surface area contributed by atoms with Gasteiger partial charge in [-0.3, -0.25) is 9.89 Å². The molecule has 0 bridgehead atoms. The highest BCUT2D eigenvalue weighted by atomic mass is 127. The van der Waals surface area contributed by atoms with Crippen molar-refractivity contribution in [3.63, 3.8) is 0 Å². The van der Waals surface area contributed by atoms with Crippen molar-refractivity contribution in [2.75, 3.05) is 32.7 Å². The van der Waals surface area contributed by atoms with E-state index in [9.17, 15) is 0 Å². The van der Waals surface area contributed by atoms with Crippen molar-refractivity contribution in [2.24, 2.45) is 16.8 Å². The normalized spacial score (nSPS) is 20.8. The molecule has 0 aromatic heterocycles. The fourth-order valence-electron chi connectivity index (χ4n) is 3.09. The standard InChI is InChI=1S/C17H34N4.HI/c1-4-18-17(19-12-15-7-8-15)20-13-16(11-14(2)3)21-9-5-6-10-21;/h14-16H,4-13H2,1-3H3,(H2,18,19,20);1H. The predicted octanol–water partition coefficient (Wildman–Crippen LogP) is 3.08. The lowest BCUT2D eigenvalue weighted by Gasteiger charge is -2.28. The van der Waals surface area contributed by atoms with Crippen molar-refractivity contribution in [1.82, 2.24) is 15.5 Å². The van der Waals surface area contributed by atoms with Crippen LogP contribution in [0.4, 0.5) is 0 Å². The van der Waals surface area contributed by atoms with Gasteiger partial charge >= 0.3 is 0 Å². The van der Waals surface area contributed by atoms with E-state index in [2.05, 4.69) is 36.3 Å². The summed E-state index contributed by atoms with van der Waals surface area (Å²) in [7, 11) is 0. The number of likely N-dealkylation sites (tertiary alicyclic amines) is 1. The van der Waals surface area contributed by atoms with E-state index in [1.165, 1.54) is 45.2 Å². The SMILES string of the molecule is CCNC(=NCC(CC(C)C)N1CCCC1)NCC1CC1.I. The smallest absolute Gasteiger partial charge is 0.191 e. The van der Waals surface area contributed by atoms with Crippen LogP contribution in [-0.4, -0.2) is 49.6 Å². The molecule has 1 saturated heterocycles. The molecule has 1 unspecified atom stereocenters. The summed E-state index contributed by atoms with van der Waals surface area (Å²) < 4.78 is 0. The molecule has 2 N–H and O–H groups in total. The van der Waals surface area contributed by atoms with Crippen LogP contribution in [0.25, 0.3) is 0 Å². The highest BCUT2D eigenvalue weighted by Gasteiger charge is 2.23. The summed E-state index contributed by atoms with van der Waals surface area (Å²) in [5.74, 6) is 2.64. The maximum Gasteiger partial charge on any atom is 0.191 e. The Kier molecular flexibility index (Phi) is 9.71. The lowest BCUT2D eigenvalue weighted by molar-refractivity contribution is 0.218. The molecule has 22 heavy (non-hydrogen) atoms. The number of hydrogen-bond acceptors (Lipinski definition) is 2. The summed E-state index contributed by atoms with van der Waals surface area (Å²) in [4.78, 5) is 7.51. The van der Waals surface area contributed by atoms with Gasteiger partial charge in [-0.05, 0) is 64.0 Å². The van der Waals surface area contributed by atoms with E-state index in [0.717, 1.165) is 37.4 Å². The van der Waals surface area contributed by atoms with Crippen molar-refractivity contribution in [1.29, 1.82) is 0 Å². The number of guanidine groups is 1. The van der Waals surface area contributed by atoms with Crippen LogP contribution in [0, 0.1) is 11.8 Å². The van der Waals surface area contributed by atoms with Crippen LogP contribution in [0.3, 0.4) is 0 Å². The van der Waals surface area contributed by atoms with Gasteiger partial charge in [0.1, 0.15) is 0 Å². The van der Waals surface area contributed by atoms with Crippen LogP contribution in [-0.2, 0) is 0 Å². The van der Waals surface area contributed by atoms with Gasteiger partial charge in [0.15, 0.2) is 5.96 Å². The Hall–Kier alpha value is -0.0400. The van der Waals surface area contributed by atoms with Gasteiger partial charge in [0.2, 0.25) is 0 Å². The van der Waals surface area contributed by atoms with Crippen molar-refractivity contribution >= 4 is 29.9 Å². The van der Waals surface area contributed by atoms with Gasteiger partial charge in [-0.15, -0.1) is 24.0 Å². The molecule has 2 fully saturated rings. The van der Waals surface area contributed by atoms with Gasteiger partial charge in [-0.25, -0.2) is 0 Å². The molecule has 4 nitrogen and oxygen atoms in total. The Morgan fingerprint density at radius 1 is 1.18 bits per heavy atom. The third-order valence-electron chi connectivity index (χ3n) is 4.46. The van der Waals surface area contributed by atoms with Crippen LogP contribution in [0.1, 0.15) is 52.9 Å². The minimum atomic E-state index is 0. The topological polar surface area (TPSA) is 39.7 Å². The lowest BCUT2D eigenvalue weighted by atomic mass is 10.0. The minimum absolute atomic E-state index is 0. The molecule has 1 heterocycles. The second kappa shape index (κ2) is 10.7. The zero-order valence-corrected chi connectivity index (χ0v) is 16.9. The second-order valence-electron chi connectivity index (χ2n) is 7.07. The number of rotatable bonds is 8. The molecule has 1 aliphatic heterocycles. The zero-order valence-electron chi connectivity index (χ0n) is 14.6. The van der Waals surface area contributed by atoms with Crippen LogP contribution in [0.2, 0.25) is 0 Å². The van der Waals surface area contributed by atoms with Gasteiger partial charge in [0.25, 0.3) is 0 Å². The first-order valence-electron chi connectivity index (χ1n) is 8.95. The summed E-state index contributed by atoms with van der Waals surface area (Å²) in [6.07, 6.45) is 6.74. The average molecular weight is 422 g/mol. The van der Waals surface area contributed by atoms with Crippen molar-refractivity contribution in [3.05, 3.63) is 0 Å². The molecule has 0 radical (unpaired) electrons. The highest BCUT2D eigenvalue weighted by molar-refractivity contribution is 14.0. The molecule has 0 amide bonds. The molecule has 2 aliphatic rings. The Bertz CT molecular complexity index is 323. The summed E-state index contributed by atoms with van der Waals surface area (Å²) >= 11 is 0. The summed E-state index contributed by atoms with van der Waals surface area (Å²) in [5.41, 5.74) is 0. The summed E-state index contributed by atoms with van der Waals surface area (Å²) in [6, 6.07) is 0.615. The number of aliphatic imine (C=N–C) groups is 1. The third kappa shape index (κ3) is 7.49. The third-order valence-corrected chi connectivity index (χ3v) is 4.46. The molecule has 2 rings (SSSR count). The Balaban J connectivity index is 0.00000242. The minimum Gasteiger partial charge on any atom is -0.357 e. The predicted molar refractivity (Wildman–Crippen MR) is 106 cm³/mol. The molecule has 1 atom stereocenters. The van der Waals surface area contributed by atoms with E-state index < -0.39 is 0 Å². The van der Waals surface area contributed by atoms with Crippen molar-refractivity contribution in [3.8, 4) is 0 Å². The van der Waals surface area contributed by atoms with Gasteiger partial charge in [0.05, 0.1) is 6.54 Å². The number of hydrogen-bond donors (Lipinski definition) is 2. The molecule has 0 aromatic carbocycles. The van der Waals surface area contributed by atoms with E-state index in [-0.39, 0.29) is 24.0 Å². The second-order valence-corrected chi connectivity index (χ2v) is 7.07. The van der Waals surface area contributed by atoms with Crippen LogP contribution < -0.4 is 10.6 Å². The van der Waals surface area contributed by atoms with Crippen LogP contribution >= 0.6 is 24.0 Å². The average Bonchev–Trinajstić information content (AvgIpc) is 3.12. The molecule has 0 spiro atoms. The van der Waals surface area contributed by atoms with E-state index in [1.807, 2.05) is 0 Å². The molecule has 5 heteroatoms.